The van der Waals surface area contributed by atoms with Crippen LogP contribution in [-0.2, 0) is 11.3 Å². The number of hydrogen-bond acceptors (Lipinski definition) is 5. The fourth-order valence-electron chi connectivity index (χ4n) is 3.81. The van der Waals surface area contributed by atoms with Crippen LogP contribution in [0.2, 0.25) is 0 Å². The highest BCUT2D eigenvalue weighted by Gasteiger charge is 2.18. The Bertz CT molecular complexity index is 984. The number of aromatic amines is 1. The number of H-pyrrole nitrogens is 1. The van der Waals surface area contributed by atoms with E-state index in [2.05, 4.69) is 28.2 Å². The van der Waals surface area contributed by atoms with Gasteiger partial charge in [0.25, 0.3) is 11.5 Å². The number of rotatable bonds is 7. The third-order valence-corrected chi connectivity index (χ3v) is 6.80. The quantitative estimate of drug-likeness (QED) is 0.707. The molecule has 30 heavy (non-hydrogen) atoms. The van der Waals surface area contributed by atoms with Crippen molar-refractivity contribution in [3.63, 3.8) is 0 Å². The molecule has 1 aliphatic rings. The van der Waals surface area contributed by atoms with E-state index < -0.39 is 0 Å². The third-order valence-electron chi connectivity index (χ3n) is 5.64. The molecule has 0 aliphatic carbocycles. The fourth-order valence-corrected chi connectivity index (χ4v) is 4.99. The van der Waals surface area contributed by atoms with Crippen LogP contribution < -0.4 is 10.9 Å². The highest BCUT2D eigenvalue weighted by molar-refractivity contribution is 7.11. The number of pyridine rings is 1. The Labute approximate surface area is 182 Å². The molecule has 1 saturated heterocycles. The number of thiophene rings is 1. The van der Waals surface area contributed by atoms with Gasteiger partial charge >= 0.3 is 0 Å². The van der Waals surface area contributed by atoms with Gasteiger partial charge in [-0.3, -0.25) is 14.5 Å². The zero-order chi connectivity index (χ0) is 21.7. The molecule has 0 saturated carbocycles. The molecule has 162 valence electrons. The predicted octanol–water partition coefficient (Wildman–Crippen LogP) is 3.42. The molecule has 2 aromatic rings. The first kappa shape index (κ1) is 22.5. The van der Waals surface area contributed by atoms with Crippen LogP contribution in [0.15, 0.2) is 22.3 Å². The minimum Gasteiger partial charge on any atom is -0.379 e. The second kappa shape index (κ2) is 10.2. The number of amides is 1. The molecule has 0 unspecified atom stereocenters. The monoisotopic (exact) mass is 429 g/mol. The van der Waals surface area contributed by atoms with Gasteiger partial charge in [-0.15, -0.1) is 11.3 Å². The highest BCUT2D eigenvalue weighted by atomic mass is 32.1. The van der Waals surface area contributed by atoms with Crippen molar-refractivity contribution in [1.29, 1.82) is 0 Å². The van der Waals surface area contributed by atoms with Crippen molar-refractivity contribution < 1.29 is 9.53 Å². The standard InChI is InChI=1S/C23H31N3O3S/c1-5-18(6-7-26-8-10-29-11-9-26)21-17(4)20(14-30-21)22(27)24-13-19-15(2)12-16(3)25-23(19)28/h5,12,14H,6-11,13H2,1-4H3,(H,24,27)(H,25,28)/b18-5+. The number of morpholine rings is 1. The van der Waals surface area contributed by atoms with Gasteiger partial charge in [-0.05, 0) is 56.9 Å². The van der Waals surface area contributed by atoms with Crippen molar-refractivity contribution in [3.8, 4) is 0 Å². The molecule has 0 spiro atoms. The van der Waals surface area contributed by atoms with Gasteiger partial charge in [-0.1, -0.05) is 6.08 Å². The van der Waals surface area contributed by atoms with Crippen LogP contribution in [0.4, 0.5) is 0 Å². The molecule has 0 aromatic carbocycles. The lowest BCUT2D eigenvalue weighted by atomic mass is 10.0. The van der Waals surface area contributed by atoms with E-state index in [0.717, 1.165) is 56.1 Å². The second-order valence-corrected chi connectivity index (χ2v) is 8.63. The Kier molecular flexibility index (Phi) is 7.64. The van der Waals surface area contributed by atoms with Crippen LogP contribution in [-0.4, -0.2) is 48.6 Å². The largest absolute Gasteiger partial charge is 0.379 e. The van der Waals surface area contributed by atoms with Crippen molar-refractivity contribution in [2.24, 2.45) is 0 Å². The van der Waals surface area contributed by atoms with Crippen LogP contribution in [0, 0.1) is 20.8 Å². The van der Waals surface area contributed by atoms with E-state index in [1.807, 2.05) is 32.2 Å². The smallest absolute Gasteiger partial charge is 0.253 e. The van der Waals surface area contributed by atoms with Crippen molar-refractivity contribution in [2.45, 2.75) is 40.7 Å². The van der Waals surface area contributed by atoms with Gasteiger partial charge < -0.3 is 15.0 Å². The van der Waals surface area contributed by atoms with Crippen LogP contribution in [0.25, 0.3) is 5.57 Å². The summed E-state index contributed by atoms with van der Waals surface area (Å²) in [5.74, 6) is -0.141. The molecule has 3 heterocycles. The van der Waals surface area contributed by atoms with E-state index >= 15 is 0 Å². The molecular weight excluding hydrogens is 398 g/mol. The van der Waals surface area contributed by atoms with E-state index in [0.29, 0.717) is 11.1 Å². The van der Waals surface area contributed by atoms with E-state index in [1.165, 1.54) is 10.5 Å². The number of allylic oxidation sites excluding steroid dienone is 1. The van der Waals surface area contributed by atoms with Crippen molar-refractivity contribution in [1.82, 2.24) is 15.2 Å². The number of nitrogens with zero attached hydrogens (tertiary/aromatic N) is 1. The van der Waals surface area contributed by atoms with Gasteiger partial charge in [0.05, 0.1) is 18.8 Å². The van der Waals surface area contributed by atoms with Gasteiger partial charge in [-0.25, -0.2) is 0 Å². The highest BCUT2D eigenvalue weighted by Crippen LogP contribution is 2.31. The maximum absolute atomic E-state index is 12.8. The molecule has 7 heteroatoms. The molecule has 0 atom stereocenters. The Morgan fingerprint density at radius 1 is 1.30 bits per heavy atom. The topological polar surface area (TPSA) is 74.4 Å². The van der Waals surface area contributed by atoms with E-state index in [4.69, 9.17) is 4.74 Å². The summed E-state index contributed by atoms with van der Waals surface area (Å²) in [4.78, 5) is 31.4. The van der Waals surface area contributed by atoms with Crippen LogP contribution in [0.5, 0.6) is 0 Å². The molecular formula is C23H31N3O3S. The lowest BCUT2D eigenvalue weighted by Crippen LogP contribution is -2.36. The first-order chi connectivity index (χ1) is 14.4. The number of carbonyl (C=O) groups is 1. The average Bonchev–Trinajstić information content (AvgIpc) is 3.10. The summed E-state index contributed by atoms with van der Waals surface area (Å²) in [7, 11) is 0. The molecule has 6 nitrogen and oxygen atoms in total. The summed E-state index contributed by atoms with van der Waals surface area (Å²) in [6.45, 7) is 12.6. The first-order valence-corrected chi connectivity index (χ1v) is 11.3. The SMILES string of the molecule is C/C=C(\CCN1CCOCC1)c1scc(C(=O)NCc2c(C)cc(C)[nH]c2=O)c1C. The zero-order valence-corrected chi connectivity index (χ0v) is 19.1. The molecule has 3 rings (SSSR count). The summed E-state index contributed by atoms with van der Waals surface area (Å²) in [6.07, 6.45) is 3.10. The zero-order valence-electron chi connectivity index (χ0n) is 18.3. The molecule has 1 aliphatic heterocycles. The number of aromatic nitrogens is 1. The number of ether oxygens (including phenoxy) is 1. The predicted molar refractivity (Wildman–Crippen MR) is 122 cm³/mol. The van der Waals surface area contributed by atoms with Crippen LogP contribution in [0.1, 0.15) is 51.0 Å². The van der Waals surface area contributed by atoms with Crippen molar-refractivity contribution in [3.05, 3.63) is 60.7 Å². The Morgan fingerprint density at radius 3 is 2.70 bits per heavy atom. The number of carbonyl (C=O) groups excluding carboxylic acids is 1. The van der Waals surface area contributed by atoms with Gasteiger partial charge in [-0.2, -0.15) is 0 Å². The summed E-state index contributed by atoms with van der Waals surface area (Å²) < 4.78 is 5.42. The Balaban J connectivity index is 1.66. The first-order valence-electron chi connectivity index (χ1n) is 10.4. The number of hydrogen-bond donors (Lipinski definition) is 2. The summed E-state index contributed by atoms with van der Waals surface area (Å²) in [6, 6.07) is 1.92. The molecule has 1 amide bonds. The minimum atomic E-state index is -0.144. The van der Waals surface area contributed by atoms with E-state index in [1.54, 1.807) is 11.3 Å². The maximum Gasteiger partial charge on any atom is 0.253 e. The van der Waals surface area contributed by atoms with Gasteiger partial charge in [0.15, 0.2) is 0 Å². The lowest BCUT2D eigenvalue weighted by molar-refractivity contribution is 0.0390. The molecule has 1 fully saturated rings. The van der Waals surface area contributed by atoms with E-state index in [-0.39, 0.29) is 18.0 Å². The van der Waals surface area contributed by atoms with Crippen LogP contribution >= 0.6 is 11.3 Å². The molecule has 2 aromatic heterocycles. The lowest BCUT2D eigenvalue weighted by Gasteiger charge is -2.26. The van der Waals surface area contributed by atoms with Gasteiger partial charge in [0, 0.05) is 47.7 Å². The molecule has 0 bridgehead atoms. The average molecular weight is 430 g/mol. The van der Waals surface area contributed by atoms with Gasteiger partial charge in [0.1, 0.15) is 0 Å². The minimum absolute atomic E-state index is 0.141. The fraction of sp³-hybridized carbons (Fsp3) is 0.478. The Hall–Kier alpha value is -2.22. The molecule has 0 radical (unpaired) electrons. The Morgan fingerprint density at radius 2 is 2.03 bits per heavy atom. The summed E-state index contributed by atoms with van der Waals surface area (Å²) in [5.41, 5.74) is 5.12. The summed E-state index contributed by atoms with van der Waals surface area (Å²) in [5, 5.41) is 4.84. The third kappa shape index (κ3) is 5.28. The molecule has 2 N–H and O–H groups in total. The van der Waals surface area contributed by atoms with Crippen molar-refractivity contribution >= 4 is 22.8 Å². The number of nitrogens with one attached hydrogen (secondary N) is 2. The second-order valence-electron chi connectivity index (χ2n) is 7.75. The van der Waals surface area contributed by atoms with E-state index in [9.17, 15) is 9.59 Å². The normalized spacial score (nSPS) is 15.4. The maximum atomic E-state index is 12.8. The number of aryl methyl sites for hydroxylation is 2. The van der Waals surface area contributed by atoms with Crippen LogP contribution in [0.3, 0.4) is 0 Å². The van der Waals surface area contributed by atoms with Crippen molar-refractivity contribution in [2.75, 3.05) is 32.8 Å². The van der Waals surface area contributed by atoms with Gasteiger partial charge in [0.2, 0.25) is 0 Å². The summed E-state index contributed by atoms with van der Waals surface area (Å²) >= 11 is 1.61.